The van der Waals surface area contributed by atoms with Crippen LogP contribution in [0.3, 0.4) is 0 Å². The van der Waals surface area contributed by atoms with Crippen LogP contribution in [0.1, 0.15) is 11.1 Å². The monoisotopic (exact) mass is 378 g/mol. The number of aromatic nitrogens is 2. The van der Waals surface area contributed by atoms with Gasteiger partial charge < -0.3 is 10.6 Å². The van der Waals surface area contributed by atoms with E-state index in [-0.39, 0.29) is 17.9 Å². The number of anilines is 1. The Balaban J connectivity index is 1.80. The summed E-state index contributed by atoms with van der Waals surface area (Å²) < 4.78 is 53.5. The van der Waals surface area contributed by atoms with Gasteiger partial charge in [-0.3, -0.25) is 0 Å². The van der Waals surface area contributed by atoms with Crippen LogP contribution in [0, 0.1) is 5.82 Å². The molecule has 0 fully saturated rings. The lowest BCUT2D eigenvalue weighted by Gasteiger charge is -2.15. The van der Waals surface area contributed by atoms with Gasteiger partial charge in [0.25, 0.3) is 0 Å². The van der Waals surface area contributed by atoms with Crippen LogP contribution in [-0.2, 0) is 12.7 Å². The molecule has 140 valence electrons. The van der Waals surface area contributed by atoms with E-state index in [2.05, 4.69) is 15.7 Å². The van der Waals surface area contributed by atoms with Gasteiger partial charge in [-0.05, 0) is 42.0 Å². The quantitative estimate of drug-likeness (QED) is 0.663. The van der Waals surface area contributed by atoms with Gasteiger partial charge in [-0.25, -0.2) is 13.9 Å². The van der Waals surface area contributed by atoms with Crippen molar-refractivity contribution in [2.45, 2.75) is 12.7 Å². The molecule has 2 amide bonds. The molecule has 3 rings (SSSR count). The standard InChI is InChI=1S/C18H14F4N4O/c19-14-4-1-3-12(9-14)11-23-17(27)25-15-10-13(18(20,21)22)5-6-16(15)26-8-2-7-24-26/h1-10H,11H2,(H2,23,25,27). The predicted octanol–water partition coefficient (Wildman–Crippen LogP) is 4.35. The van der Waals surface area contributed by atoms with Crippen molar-refractivity contribution in [2.75, 3.05) is 5.32 Å². The summed E-state index contributed by atoms with van der Waals surface area (Å²) >= 11 is 0. The Kier molecular flexibility index (Phi) is 5.11. The number of hydrogen-bond donors (Lipinski definition) is 2. The van der Waals surface area contributed by atoms with Crippen molar-refractivity contribution in [3.8, 4) is 5.69 Å². The number of benzene rings is 2. The van der Waals surface area contributed by atoms with Gasteiger partial charge in [-0.2, -0.15) is 18.3 Å². The van der Waals surface area contributed by atoms with Gasteiger partial charge in [0.1, 0.15) is 5.82 Å². The molecule has 1 aromatic heterocycles. The molecular weight excluding hydrogens is 364 g/mol. The van der Waals surface area contributed by atoms with Crippen LogP contribution in [0.4, 0.5) is 28.0 Å². The van der Waals surface area contributed by atoms with Gasteiger partial charge in [0.2, 0.25) is 0 Å². The van der Waals surface area contributed by atoms with E-state index in [0.717, 1.165) is 12.1 Å². The third-order valence-electron chi connectivity index (χ3n) is 3.67. The van der Waals surface area contributed by atoms with Gasteiger partial charge in [0, 0.05) is 18.9 Å². The highest BCUT2D eigenvalue weighted by molar-refractivity contribution is 5.91. The Bertz CT molecular complexity index is 939. The average molecular weight is 378 g/mol. The van der Waals surface area contributed by atoms with Crippen molar-refractivity contribution < 1.29 is 22.4 Å². The second kappa shape index (κ2) is 7.48. The third kappa shape index (κ3) is 4.63. The zero-order valence-electron chi connectivity index (χ0n) is 13.8. The molecule has 0 spiro atoms. The van der Waals surface area contributed by atoms with E-state index in [0.29, 0.717) is 5.56 Å². The van der Waals surface area contributed by atoms with Crippen molar-refractivity contribution in [1.82, 2.24) is 15.1 Å². The van der Waals surface area contributed by atoms with Crippen molar-refractivity contribution in [2.24, 2.45) is 0 Å². The number of rotatable bonds is 4. The topological polar surface area (TPSA) is 59.0 Å². The fourth-order valence-electron chi connectivity index (χ4n) is 2.42. The van der Waals surface area contributed by atoms with Crippen LogP contribution < -0.4 is 10.6 Å². The van der Waals surface area contributed by atoms with Crippen LogP contribution >= 0.6 is 0 Å². The van der Waals surface area contributed by atoms with Crippen molar-refractivity contribution in [1.29, 1.82) is 0 Å². The first-order chi connectivity index (χ1) is 12.8. The van der Waals surface area contributed by atoms with Crippen LogP contribution in [-0.4, -0.2) is 15.8 Å². The van der Waals surface area contributed by atoms with Crippen LogP contribution in [0.25, 0.3) is 5.69 Å². The zero-order chi connectivity index (χ0) is 19.4. The smallest absolute Gasteiger partial charge is 0.334 e. The number of alkyl halides is 3. The summed E-state index contributed by atoms with van der Waals surface area (Å²) in [7, 11) is 0. The summed E-state index contributed by atoms with van der Waals surface area (Å²) in [5.74, 6) is -0.450. The van der Waals surface area contributed by atoms with E-state index in [4.69, 9.17) is 0 Å². The molecular formula is C18H14F4N4O. The Morgan fingerprint density at radius 1 is 1.11 bits per heavy atom. The average Bonchev–Trinajstić information content (AvgIpc) is 3.13. The molecule has 5 nitrogen and oxygen atoms in total. The van der Waals surface area contributed by atoms with E-state index in [1.807, 2.05) is 0 Å². The summed E-state index contributed by atoms with van der Waals surface area (Å²) in [5.41, 5.74) is -0.181. The van der Waals surface area contributed by atoms with Gasteiger partial charge in [0.05, 0.1) is 16.9 Å². The van der Waals surface area contributed by atoms with Crippen molar-refractivity contribution >= 4 is 11.7 Å². The lowest BCUT2D eigenvalue weighted by atomic mass is 10.1. The molecule has 0 atom stereocenters. The Morgan fingerprint density at radius 2 is 1.93 bits per heavy atom. The fourth-order valence-corrected chi connectivity index (χ4v) is 2.42. The number of carbonyl (C=O) groups is 1. The van der Waals surface area contributed by atoms with Crippen molar-refractivity contribution in [3.05, 3.63) is 77.9 Å². The summed E-state index contributed by atoms with van der Waals surface area (Å²) in [6.07, 6.45) is -1.55. The molecule has 0 saturated carbocycles. The molecule has 2 aromatic carbocycles. The van der Waals surface area contributed by atoms with Gasteiger partial charge in [-0.1, -0.05) is 12.1 Å². The highest BCUT2D eigenvalue weighted by Gasteiger charge is 2.31. The molecule has 0 bridgehead atoms. The number of urea groups is 1. The lowest BCUT2D eigenvalue weighted by molar-refractivity contribution is -0.137. The van der Waals surface area contributed by atoms with E-state index in [1.165, 1.54) is 35.1 Å². The first kappa shape index (κ1) is 18.4. The van der Waals surface area contributed by atoms with Crippen molar-refractivity contribution in [3.63, 3.8) is 0 Å². The van der Waals surface area contributed by atoms with Gasteiger partial charge in [-0.15, -0.1) is 0 Å². The first-order valence-electron chi connectivity index (χ1n) is 7.83. The van der Waals surface area contributed by atoms with Crippen LogP contribution in [0.2, 0.25) is 0 Å². The van der Waals surface area contributed by atoms with Gasteiger partial charge in [0.15, 0.2) is 0 Å². The lowest BCUT2D eigenvalue weighted by Crippen LogP contribution is -2.29. The third-order valence-corrected chi connectivity index (χ3v) is 3.67. The molecule has 1 heterocycles. The van der Waals surface area contributed by atoms with Crippen LogP contribution in [0.5, 0.6) is 0 Å². The van der Waals surface area contributed by atoms with E-state index < -0.39 is 23.6 Å². The Labute approximate surface area is 151 Å². The number of amides is 2. The summed E-state index contributed by atoms with van der Waals surface area (Å²) in [4.78, 5) is 12.1. The summed E-state index contributed by atoms with van der Waals surface area (Å²) in [5, 5.41) is 8.84. The molecule has 9 heteroatoms. The summed E-state index contributed by atoms with van der Waals surface area (Å²) in [6, 6.07) is 9.46. The fraction of sp³-hybridized carbons (Fsp3) is 0.111. The minimum Gasteiger partial charge on any atom is -0.334 e. The number of halogens is 4. The normalized spacial score (nSPS) is 11.3. The molecule has 0 radical (unpaired) electrons. The molecule has 2 N–H and O–H groups in total. The molecule has 0 aliphatic rings. The van der Waals surface area contributed by atoms with E-state index in [1.54, 1.807) is 18.3 Å². The maximum Gasteiger partial charge on any atom is 0.416 e. The highest BCUT2D eigenvalue weighted by atomic mass is 19.4. The first-order valence-corrected chi connectivity index (χ1v) is 7.83. The number of carbonyl (C=O) groups excluding carboxylic acids is 1. The molecule has 0 aliphatic carbocycles. The molecule has 0 saturated heterocycles. The second-order valence-electron chi connectivity index (χ2n) is 5.62. The largest absolute Gasteiger partial charge is 0.416 e. The molecule has 0 unspecified atom stereocenters. The minimum atomic E-state index is -4.56. The Morgan fingerprint density at radius 3 is 2.59 bits per heavy atom. The predicted molar refractivity (Wildman–Crippen MR) is 90.8 cm³/mol. The number of hydrogen-bond acceptors (Lipinski definition) is 2. The highest BCUT2D eigenvalue weighted by Crippen LogP contribution is 2.33. The molecule has 3 aromatic rings. The van der Waals surface area contributed by atoms with Crippen LogP contribution in [0.15, 0.2) is 60.9 Å². The maximum absolute atomic E-state index is 13.2. The SMILES string of the molecule is O=C(NCc1cccc(F)c1)Nc1cc(C(F)(F)F)ccc1-n1cccn1. The Hall–Kier alpha value is -3.36. The number of nitrogens with zero attached hydrogens (tertiary/aromatic N) is 2. The minimum absolute atomic E-state index is 0.0135. The van der Waals surface area contributed by atoms with E-state index >= 15 is 0 Å². The molecule has 0 aliphatic heterocycles. The molecule has 27 heavy (non-hydrogen) atoms. The second-order valence-corrected chi connectivity index (χ2v) is 5.62. The summed E-state index contributed by atoms with van der Waals surface area (Å²) in [6.45, 7) is 0.0135. The number of nitrogens with one attached hydrogen (secondary N) is 2. The zero-order valence-corrected chi connectivity index (χ0v) is 13.8. The maximum atomic E-state index is 13.2. The van der Waals surface area contributed by atoms with E-state index in [9.17, 15) is 22.4 Å². The van der Waals surface area contributed by atoms with Gasteiger partial charge >= 0.3 is 12.2 Å².